The lowest BCUT2D eigenvalue weighted by molar-refractivity contribution is -0.0796. The number of nitrogens with two attached hydrogens (primary N) is 1. The summed E-state index contributed by atoms with van der Waals surface area (Å²) in [5.74, 6) is 0.803. The van der Waals surface area contributed by atoms with Crippen LogP contribution in [-0.4, -0.2) is 28.5 Å². The van der Waals surface area contributed by atoms with Gasteiger partial charge in [0.1, 0.15) is 28.8 Å². The number of hydrogen-bond donors (Lipinski definition) is 1. The summed E-state index contributed by atoms with van der Waals surface area (Å²) >= 11 is 0. The van der Waals surface area contributed by atoms with Crippen LogP contribution in [0.4, 0.5) is 11.5 Å². The van der Waals surface area contributed by atoms with Gasteiger partial charge in [0.2, 0.25) is 5.69 Å². The van der Waals surface area contributed by atoms with E-state index in [0.717, 1.165) is 5.56 Å². The molecule has 3 aromatic rings. The maximum atomic E-state index is 13.1. The van der Waals surface area contributed by atoms with Crippen molar-refractivity contribution >= 4 is 22.3 Å². The molecule has 1 unspecified atom stereocenters. The van der Waals surface area contributed by atoms with E-state index in [0.29, 0.717) is 30.1 Å². The number of nitrogen functional groups attached to an aromatic ring is 1. The second kappa shape index (κ2) is 8.97. The SMILES string of the molecule is [C-]#[N+]c1c(N)nc(S(=O)Cc2ccccc2)c(C#N)c1-c1ccc(OC2COC2)cc1. The third kappa shape index (κ3) is 4.26. The van der Waals surface area contributed by atoms with E-state index in [1.54, 1.807) is 24.3 Å². The van der Waals surface area contributed by atoms with Crippen molar-refractivity contribution in [1.82, 2.24) is 4.98 Å². The summed E-state index contributed by atoms with van der Waals surface area (Å²) in [5, 5.41) is 9.97. The Morgan fingerprint density at radius 3 is 2.52 bits per heavy atom. The highest BCUT2D eigenvalue weighted by Crippen LogP contribution is 2.40. The second-order valence-electron chi connectivity index (χ2n) is 6.90. The first-order valence-corrected chi connectivity index (χ1v) is 10.8. The van der Waals surface area contributed by atoms with E-state index in [9.17, 15) is 9.47 Å². The quantitative estimate of drug-likeness (QED) is 0.596. The standard InChI is InChI=1S/C23H18N4O3S/c1-26-21-20(16-7-9-17(10-8-16)30-18-12-29-13-18)19(11-24)23(27-22(21)25)31(28)14-15-5-3-2-4-6-15/h2-10,18H,12-14H2,(H2,25,27). The van der Waals surface area contributed by atoms with Crippen LogP contribution in [0.1, 0.15) is 11.1 Å². The summed E-state index contributed by atoms with van der Waals surface area (Å²) in [4.78, 5) is 7.67. The van der Waals surface area contributed by atoms with Gasteiger partial charge >= 0.3 is 0 Å². The van der Waals surface area contributed by atoms with Crippen LogP contribution in [0.5, 0.6) is 5.75 Å². The largest absolute Gasteiger partial charge is 0.486 e. The van der Waals surface area contributed by atoms with Crippen molar-refractivity contribution in [2.24, 2.45) is 0 Å². The van der Waals surface area contributed by atoms with Gasteiger partial charge in [0, 0.05) is 5.56 Å². The average molecular weight is 430 g/mol. The minimum absolute atomic E-state index is 0.0305. The normalized spacial score (nSPS) is 14.1. The fraction of sp³-hybridized carbons (Fsp3) is 0.174. The van der Waals surface area contributed by atoms with Crippen LogP contribution >= 0.6 is 0 Å². The van der Waals surface area contributed by atoms with E-state index in [1.165, 1.54) is 0 Å². The maximum Gasteiger partial charge on any atom is 0.236 e. The summed E-state index contributed by atoms with van der Waals surface area (Å²) in [6, 6.07) is 18.4. The van der Waals surface area contributed by atoms with Crippen LogP contribution in [0.25, 0.3) is 16.0 Å². The molecule has 0 spiro atoms. The average Bonchev–Trinajstić information content (AvgIpc) is 2.76. The highest BCUT2D eigenvalue weighted by Gasteiger charge is 2.24. The van der Waals surface area contributed by atoms with E-state index in [-0.39, 0.29) is 34.0 Å². The molecule has 0 amide bonds. The summed E-state index contributed by atoms with van der Waals surface area (Å²) in [6.07, 6.45) is 0.0305. The van der Waals surface area contributed by atoms with Gasteiger partial charge in [-0.05, 0) is 23.3 Å². The lowest BCUT2D eigenvalue weighted by atomic mass is 10.00. The highest BCUT2D eigenvalue weighted by molar-refractivity contribution is 7.84. The number of ether oxygens (including phenoxy) is 2. The lowest BCUT2D eigenvalue weighted by Crippen LogP contribution is -2.38. The second-order valence-corrected chi connectivity index (χ2v) is 8.27. The summed E-state index contributed by atoms with van der Waals surface area (Å²) < 4.78 is 24.0. The molecule has 0 radical (unpaired) electrons. The Labute approximate surface area is 182 Å². The molecular formula is C23H18N4O3S. The van der Waals surface area contributed by atoms with Gasteiger partial charge in [0.05, 0.1) is 41.9 Å². The van der Waals surface area contributed by atoms with E-state index >= 15 is 0 Å². The number of anilines is 1. The molecule has 1 aliphatic heterocycles. The van der Waals surface area contributed by atoms with Crippen molar-refractivity contribution in [1.29, 1.82) is 5.26 Å². The van der Waals surface area contributed by atoms with Crippen molar-refractivity contribution in [3.8, 4) is 22.9 Å². The number of rotatable bonds is 6. The van der Waals surface area contributed by atoms with Crippen molar-refractivity contribution in [2.75, 3.05) is 18.9 Å². The molecule has 7 nitrogen and oxygen atoms in total. The number of hydrogen-bond acceptors (Lipinski definition) is 6. The maximum absolute atomic E-state index is 13.1. The molecule has 0 aliphatic carbocycles. The summed E-state index contributed by atoms with van der Waals surface area (Å²) in [5.41, 5.74) is 7.99. The third-order valence-corrected chi connectivity index (χ3v) is 6.12. The molecule has 1 aromatic heterocycles. The van der Waals surface area contributed by atoms with Gasteiger partial charge < -0.3 is 15.2 Å². The van der Waals surface area contributed by atoms with Crippen LogP contribution < -0.4 is 10.5 Å². The van der Waals surface area contributed by atoms with E-state index in [4.69, 9.17) is 21.8 Å². The molecule has 31 heavy (non-hydrogen) atoms. The number of benzene rings is 2. The Hall–Kier alpha value is -3.72. The molecule has 154 valence electrons. The van der Waals surface area contributed by atoms with Crippen LogP contribution in [-0.2, 0) is 21.3 Å². The van der Waals surface area contributed by atoms with E-state index in [1.807, 2.05) is 30.3 Å². The molecule has 8 heteroatoms. The number of nitriles is 1. The van der Waals surface area contributed by atoms with Crippen molar-refractivity contribution < 1.29 is 13.7 Å². The molecular weight excluding hydrogens is 412 g/mol. The summed E-state index contributed by atoms with van der Waals surface area (Å²) in [7, 11) is -1.61. The zero-order chi connectivity index (χ0) is 21.8. The Bertz CT molecular complexity index is 1210. The predicted molar refractivity (Wildman–Crippen MR) is 117 cm³/mol. The molecule has 1 fully saturated rings. The molecule has 1 saturated heterocycles. The van der Waals surface area contributed by atoms with Gasteiger partial charge in [-0.25, -0.2) is 9.83 Å². The number of pyridine rings is 1. The fourth-order valence-electron chi connectivity index (χ4n) is 3.20. The van der Waals surface area contributed by atoms with Crippen LogP contribution in [0.15, 0.2) is 59.6 Å². The van der Waals surface area contributed by atoms with Crippen molar-refractivity contribution in [2.45, 2.75) is 16.9 Å². The number of aromatic nitrogens is 1. The summed E-state index contributed by atoms with van der Waals surface area (Å²) in [6.45, 7) is 8.66. The minimum Gasteiger partial charge on any atom is -0.486 e. The first kappa shape index (κ1) is 20.5. The highest BCUT2D eigenvalue weighted by atomic mass is 32.2. The Balaban J connectivity index is 1.75. The molecule has 0 bridgehead atoms. The molecule has 1 atom stereocenters. The van der Waals surface area contributed by atoms with Crippen LogP contribution in [0.3, 0.4) is 0 Å². The van der Waals surface area contributed by atoms with Gasteiger partial charge in [0.25, 0.3) is 0 Å². The van der Waals surface area contributed by atoms with E-state index in [2.05, 4.69) is 15.9 Å². The lowest BCUT2D eigenvalue weighted by Gasteiger charge is -2.26. The topological polar surface area (TPSA) is 103 Å². The van der Waals surface area contributed by atoms with Crippen LogP contribution in [0, 0.1) is 17.9 Å². The predicted octanol–water partition coefficient (Wildman–Crippen LogP) is 3.84. The molecule has 2 heterocycles. The number of nitrogens with zero attached hydrogens (tertiary/aromatic N) is 3. The van der Waals surface area contributed by atoms with Crippen molar-refractivity contribution in [3.63, 3.8) is 0 Å². The molecule has 2 N–H and O–H groups in total. The van der Waals surface area contributed by atoms with Gasteiger partial charge in [-0.15, -0.1) is 0 Å². The molecule has 2 aromatic carbocycles. The first-order valence-electron chi connectivity index (χ1n) is 9.49. The third-order valence-electron chi connectivity index (χ3n) is 4.80. The smallest absolute Gasteiger partial charge is 0.236 e. The zero-order valence-electron chi connectivity index (χ0n) is 16.4. The fourth-order valence-corrected chi connectivity index (χ4v) is 4.41. The molecule has 0 saturated carbocycles. The van der Waals surface area contributed by atoms with Gasteiger partial charge in [-0.1, -0.05) is 42.5 Å². The molecule has 1 aliphatic rings. The van der Waals surface area contributed by atoms with Crippen molar-refractivity contribution in [3.05, 3.63) is 77.1 Å². The Morgan fingerprint density at radius 1 is 1.23 bits per heavy atom. The minimum atomic E-state index is -1.61. The Morgan fingerprint density at radius 2 is 1.94 bits per heavy atom. The molecule has 4 rings (SSSR count). The van der Waals surface area contributed by atoms with Gasteiger partial charge in [0.15, 0.2) is 0 Å². The first-order chi connectivity index (χ1) is 15.1. The monoisotopic (exact) mass is 430 g/mol. The van der Waals surface area contributed by atoms with Crippen LogP contribution in [0.2, 0.25) is 0 Å². The zero-order valence-corrected chi connectivity index (χ0v) is 17.3. The van der Waals surface area contributed by atoms with Gasteiger partial charge in [-0.3, -0.25) is 4.21 Å². The van der Waals surface area contributed by atoms with Gasteiger partial charge in [-0.2, -0.15) is 5.26 Å². The Kier molecular flexibility index (Phi) is 5.94. The van der Waals surface area contributed by atoms with E-state index < -0.39 is 10.8 Å².